The first-order valence-corrected chi connectivity index (χ1v) is 18.4. The van der Waals surface area contributed by atoms with Crippen LogP contribution in [0.15, 0.2) is 12.1 Å². The summed E-state index contributed by atoms with van der Waals surface area (Å²) in [7, 11) is -1.92. The molecule has 3 aromatic rings. The zero-order valence-electron chi connectivity index (χ0n) is 22.0. The standard InChI is InChI=1S/C28H42N2S3Si/c1-7-9-11-13-17-34(18-14-12-10-8-2)27-23(32-25(29-27)20(5)6)24-28(34)30-26(33-24)22-16-15-21(31-22)19(3)4/h15-16,19-20H,7-14,17-18H2,1-6H3. The van der Waals surface area contributed by atoms with Crippen molar-refractivity contribution in [3.63, 3.8) is 0 Å². The summed E-state index contributed by atoms with van der Waals surface area (Å²) in [5.74, 6) is 1.09. The maximum Gasteiger partial charge on any atom is 0.168 e. The van der Waals surface area contributed by atoms with E-state index in [1.165, 1.54) is 104 Å². The Labute approximate surface area is 220 Å². The van der Waals surface area contributed by atoms with Crippen molar-refractivity contribution in [3.8, 4) is 19.6 Å². The van der Waals surface area contributed by atoms with Crippen molar-refractivity contribution < 1.29 is 0 Å². The predicted octanol–water partition coefficient (Wildman–Crippen LogP) is 9.28. The Balaban J connectivity index is 1.78. The van der Waals surface area contributed by atoms with Gasteiger partial charge in [0.2, 0.25) is 0 Å². The van der Waals surface area contributed by atoms with Gasteiger partial charge in [0.1, 0.15) is 5.01 Å². The first-order valence-electron chi connectivity index (χ1n) is 13.5. The minimum absolute atomic E-state index is 0.504. The Hall–Kier alpha value is -0.823. The SMILES string of the molecule is CCCCCC[Si]1(CCCCCC)c2nc(-c3ccc(C(C)C)s3)sc2-c2sc(C(C)C)nc21. The van der Waals surface area contributed by atoms with Crippen LogP contribution in [-0.2, 0) is 0 Å². The van der Waals surface area contributed by atoms with Crippen LogP contribution in [0.5, 0.6) is 0 Å². The highest BCUT2D eigenvalue weighted by Gasteiger charge is 2.50. The van der Waals surface area contributed by atoms with E-state index in [1.807, 2.05) is 34.0 Å². The summed E-state index contributed by atoms with van der Waals surface area (Å²) in [5.41, 5.74) is 0. The predicted molar refractivity (Wildman–Crippen MR) is 158 cm³/mol. The fourth-order valence-electron chi connectivity index (χ4n) is 5.16. The number of hydrogen-bond acceptors (Lipinski definition) is 5. The lowest BCUT2D eigenvalue weighted by atomic mass is 10.2. The van der Waals surface area contributed by atoms with Gasteiger partial charge in [-0.3, -0.25) is 0 Å². The molecule has 0 amide bonds. The van der Waals surface area contributed by atoms with Crippen LogP contribution in [0.4, 0.5) is 0 Å². The minimum Gasteiger partial charge on any atom is -0.250 e. The highest BCUT2D eigenvalue weighted by Crippen LogP contribution is 2.45. The van der Waals surface area contributed by atoms with Crippen molar-refractivity contribution in [2.75, 3.05) is 0 Å². The van der Waals surface area contributed by atoms with Gasteiger partial charge in [-0.1, -0.05) is 92.9 Å². The smallest absolute Gasteiger partial charge is 0.168 e. The van der Waals surface area contributed by atoms with Crippen molar-refractivity contribution >= 4 is 52.7 Å². The molecular weight excluding hydrogens is 489 g/mol. The molecule has 0 aliphatic carbocycles. The maximum absolute atomic E-state index is 5.50. The largest absolute Gasteiger partial charge is 0.250 e. The first-order chi connectivity index (χ1) is 16.4. The van der Waals surface area contributed by atoms with Crippen LogP contribution in [0.3, 0.4) is 0 Å². The fraction of sp³-hybridized carbons (Fsp3) is 0.643. The minimum atomic E-state index is -1.92. The van der Waals surface area contributed by atoms with Crippen LogP contribution in [0, 0.1) is 0 Å². The van der Waals surface area contributed by atoms with Crippen LogP contribution in [0.25, 0.3) is 19.6 Å². The second kappa shape index (κ2) is 11.5. The molecule has 0 aromatic carbocycles. The van der Waals surface area contributed by atoms with Crippen LogP contribution in [-0.4, -0.2) is 18.0 Å². The van der Waals surface area contributed by atoms with Gasteiger partial charge in [0.25, 0.3) is 0 Å². The average molecular weight is 531 g/mol. The number of rotatable bonds is 13. The molecule has 2 nitrogen and oxygen atoms in total. The Kier molecular flexibility index (Phi) is 8.87. The molecular formula is C28H42N2S3Si. The van der Waals surface area contributed by atoms with Gasteiger partial charge in [0, 0.05) is 10.8 Å². The lowest BCUT2D eigenvalue weighted by molar-refractivity contribution is 0.684. The lowest BCUT2D eigenvalue weighted by Crippen LogP contribution is -2.56. The Morgan fingerprint density at radius 3 is 1.88 bits per heavy atom. The van der Waals surface area contributed by atoms with Crippen molar-refractivity contribution in [1.29, 1.82) is 0 Å². The first kappa shape index (κ1) is 26.2. The molecule has 0 fully saturated rings. The normalized spacial score (nSPS) is 14.4. The Morgan fingerprint density at radius 2 is 1.32 bits per heavy atom. The second-order valence-corrected chi connectivity index (χ2v) is 17.9. The molecule has 1 aliphatic heterocycles. The third kappa shape index (κ3) is 5.16. The molecule has 186 valence electrons. The summed E-state index contributed by atoms with van der Waals surface area (Å²) in [5, 5.41) is 5.61. The van der Waals surface area contributed by atoms with Gasteiger partial charge < -0.3 is 0 Å². The maximum atomic E-state index is 5.50. The summed E-state index contributed by atoms with van der Waals surface area (Å²) in [6.07, 6.45) is 10.7. The van der Waals surface area contributed by atoms with Gasteiger partial charge in [-0.05, 0) is 30.1 Å². The molecule has 4 heterocycles. The fourth-order valence-corrected chi connectivity index (χ4v) is 15.0. The molecule has 0 saturated carbocycles. The number of unbranched alkanes of at least 4 members (excludes halogenated alkanes) is 6. The van der Waals surface area contributed by atoms with Crippen molar-refractivity contribution in [1.82, 2.24) is 9.97 Å². The summed E-state index contributed by atoms with van der Waals surface area (Å²) in [6.45, 7) is 13.8. The third-order valence-electron chi connectivity index (χ3n) is 7.20. The van der Waals surface area contributed by atoms with E-state index in [9.17, 15) is 0 Å². The molecule has 0 unspecified atom stereocenters. The van der Waals surface area contributed by atoms with Gasteiger partial charge in [-0.15, -0.1) is 34.0 Å². The molecule has 0 N–H and O–H groups in total. The van der Waals surface area contributed by atoms with Crippen molar-refractivity contribution in [2.45, 2.75) is 117 Å². The number of thiophene rings is 1. The summed E-state index contributed by atoms with van der Waals surface area (Å²) in [4.78, 5) is 16.7. The Bertz CT molecular complexity index is 1060. The molecule has 34 heavy (non-hydrogen) atoms. The Morgan fingerprint density at radius 1 is 0.706 bits per heavy atom. The zero-order valence-corrected chi connectivity index (χ0v) is 25.4. The summed E-state index contributed by atoms with van der Waals surface area (Å²) >= 11 is 5.88. The molecule has 0 spiro atoms. The van der Waals surface area contributed by atoms with E-state index in [-0.39, 0.29) is 0 Å². The van der Waals surface area contributed by atoms with Crippen molar-refractivity contribution in [2.24, 2.45) is 0 Å². The molecule has 0 radical (unpaired) electrons. The van der Waals surface area contributed by atoms with Gasteiger partial charge in [0.15, 0.2) is 8.07 Å². The highest BCUT2D eigenvalue weighted by atomic mass is 32.1. The van der Waals surface area contributed by atoms with Crippen LogP contribution >= 0.6 is 34.0 Å². The van der Waals surface area contributed by atoms with E-state index >= 15 is 0 Å². The summed E-state index contributed by atoms with van der Waals surface area (Å²) < 4.78 is 0. The van der Waals surface area contributed by atoms with Gasteiger partial charge in [0.05, 0.1) is 30.3 Å². The van der Waals surface area contributed by atoms with E-state index in [4.69, 9.17) is 9.97 Å². The third-order valence-corrected chi connectivity index (χ3v) is 16.6. The number of hydrogen-bond donors (Lipinski definition) is 0. The van der Waals surface area contributed by atoms with E-state index in [1.54, 1.807) is 0 Å². The van der Waals surface area contributed by atoms with Gasteiger partial charge in [-0.25, -0.2) is 9.97 Å². The van der Waals surface area contributed by atoms with E-state index in [2.05, 4.69) is 53.7 Å². The van der Waals surface area contributed by atoms with Crippen LogP contribution < -0.4 is 10.6 Å². The number of fused-ring (bicyclic) bond motifs is 3. The molecule has 4 rings (SSSR count). The molecule has 0 bridgehead atoms. The average Bonchev–Trinajstić information content (AvgIpc) is 3.57. The van der Waals surface area contributed by atoms with E-state index in [0.717, 1.165) is 0 Å². The van der Waals surface area contributed by atoms with Gasteiger partial charge >= 0.3 is 0 Å². The highest BCUT2D eigenvalue weighted by molar-refractivity contribution is 7.31. The second-order valence-electron chi connectivity index (χ2n) is 10.6. The lowest BCUT2D eigenvalue weighted by Gasteiger charge is -2.26. The van der Waals surface area contributed by atoms with Crippen LogP contribution in [0.2, 0.25) is 12.1 Å². The number of thiazole rings is 2. The van der Waals surface area contributed by atoms with E-state index < -0.39 is 8.07 Å². The topological polar surface area (TPSA) is 25.8 Å². The molecule has 6 heteroatoms. The van der Waals surface area contributed by atoms with Crippen molar-refractivity contribution in [3.05, 3.63) is 22.0 Å². The number of aromatic nitrogens is 2. The van der Waals surface area contributed by atoms with E-state index in [0.29, 0.717) is 11.8 Å². The van der Waals surface area contributed by atoms with Gasteiger partial charge in [-0.2, -0.15) is 0 Å². The summed E-state index contributed by atoms with van der Waals surface area (Å²) in [6, 6.07) is 7.30. The van der Waals surface area contributed by atoms with Crippen LogP contribution in [0.1, 0.15) is 115 Å². The monoisotopic (exact) mass is 530 g/mol. The quantitative estimate of drug-likeness (QED) is 0.162. The molecule has 1 aliphatic rings. The number of nitrogens with zero attached hydrogens (tertiary/aromatic N) is 2. The molecule has 0 saturated heterocycles. The molecule has 0 atom stereocenters. The molecule has 3 aromatic heterocycles. The zero-order chi connectivity index (χ0) is 24.3.